The van der Waals surface area contributed by atoms with E-state index in [4.69, 9.17) is 4.74 Å². The predicted octanol–water partition coefficient (Wildman–Crippen LogP) is 1.37. The van der Waals surface area contributed by atoms with Crippen LogP contribution in [0.4, 0.5) is 0 Å². The lowest BCUT2D eigenvalue weighted by molar-refractivity contribution is -0.120. The quantitative estimate of drug-likeness (QED) is 0.831. The molecule has 0 unspecified atom stereocenters. The van der Waals surface area contributed by atoms with Crippen molar-refractivity contribution in [1.82, 2.24) is 20.4 Å². The number of rotatable bonds is 6. The second-order valence-electron chi connectivity index (χ2n) is 6.88. The van der Waals surface area contributed by atoms with E-state index in [2.05, 4.69) is 22.7 Å². The molecular weight excluding hydrogens is 292 g/mol. The van der Waals surface area contributed by atoms with Gasteiger partial charge in [0.2, 0.25) is 5.91 Å². The summed E-state index contributed by atoms with van der Waals surface area (Å²) in [6.45, 7) is 5.99. The zero-order valence-corrected chi connectivity index (χ0v) is 14.4. The van der Waals surface area contributed by atoms with E-state index < -0.39 is 0 Å². The summed E-state index contributed by atoms with van der Waals surface area (Å²) >= 11 is 0. The molecule has 2 heterocycles. The molecule has 1 aromatic heterocycles. The first-order valence-electron chi connectivity index (χ1n) is 8.68. The minimum absolute atomic E-state index is 0.0110. The van der Waals surface area contributed by atoms with Crippen LogP contribution in [0.3, 0.4) is 0 Å². The molecule has 128 valence electrons. The van der Waals surface area contributed by atoms with Crippen LogP contribution >= 0.6 is 0 Å². The van der Waals surface area contributed by atoms with Crippen molar-refractivity contribution in [3.63, 3.8) is 0 Å². The van der Waals surface area contributed by atoms with E-state index in [-0.39, 0.29) is 18.1 Å². The number of ether oxygens (including phenoxy) is 1. The van der Waals surface area contributed by atoms with Crippen molar-refractivity contribution in [3.05, 3.63) is 17.0 Å². The third-order valence-corrected chi connectivity index (χ3v) is 5.28. The monoisotopic (exact) mass is 320 g/mol. The Morgan fingerprint density at radius 3 is 2.74 bits per heavy atom. The first-order chi connectivity index (χ1) is 11.1. The van der Waals surface area contributed by atoms with Gasteiger partial charge in [-0.1, -0.05) is 6.42 Å². The number of aryl methyl sites for hydroxylation is 2. The first kappa shape index (κ1) is 16.5. The number of hydrogen-bond acceptors (Lipinski definition) is 4. The van der Waals surface area contributed by atoms with Gasteiger partial charge in [0.25, 0.3) is 0 Å². The molecule has 1 amide bonds. The van der Waals surface area contributed by atoms with Gasteiger partial charge in [-0.05, 0) is 39.0 Å². The number of aromatic nitrogens is 2. The van der Waals surface area contributed by atoms with Gasteiger partial charge in [-0.15, -0.1) is 0 Å². The van der Waals surface area contributed by atoms with Gasteiger partial charge in [0, 0.05) is 37.5 Å². The van der Waals surface area contributed by atoms with Crippen LogP contribution in [-0.4, -0.2) is 41.4 Å². The van der Waals surface area contributed by atoms with Crippen molar-refractivity contribution in [3.8, 4) is 0 Å². The molecule has 1 aliphatic heterocycles. The van der Waals surface area contributed by atoms with Crippen molar-refractivity contribution < 1.29 is 9.53 Å². The number of amides is 1. The fourth-order valence-corrected chi connectivity index (χ4v) is 3.53. The Bertz CT molecular complexity index is 565. The van der Waals surface area contributed by atoms with Crippen molar-refractivity contribution in [2.24, 2.45) is 13.0 Å². The minimum atomic E-state index is -0.0110. The normalized spacial score (nSPS) is 24.7. The maximum atomic E-state index is 12.0. The summed E-state index contributed by atoms with van der Waals surface area (Å²) in [6, 6.07) is 0.172. The van der Waals surface area contributed by atoms with E-state index in [1.54, 1.807) is 0 Å². The average Bonchev–Trinajstić information content (AvgIpc) is 3.00. The predicted molar refractivity (Wildman–Crippen MR) is 88.1 cm³/mol. The highest BCUT2D eigenvalue weighted by molar-refractivity contribution is 5.78. The van der Waals surface area contributed by atoms with Gasteiger partial charge < -0.3 is 15.4 Å². The number of nitrogens with zero attached hydrogens (tertiary/aromatic N) is 2. The van der Waals surface area contributed by atoms with E-state index in [1.165, 1.54) is 19.3 Å². The molecule has 6 heteroatoms. The van der Waals surface area contributed by atoms with Crippen LogP contribution in [0.5, 0.6) is 0 Å². The highest BCUT2D eigenvalue weighted by Gasteiger charge is 2.33. The third-order valence-electron chi connectivity index (χ3n) is 5.28. The van der Waals surface area contributed by atoms with Gasteiger partial charge in [0.15, 0.2) is 0 Å². The van der Waals surface area contributed by atoms with E-state index in [0.29, 0.717) is 12.5 Å². The lowest BCUT2D eigenvalue weighted by Crippen LogP contribution is -2.42. The molecule has 1 aromatic rings. The minimum Gasteiger partial charge on any atom is -0.372 e. The molecule has 2 aliphatic rings. The van der Waals surface area contributed by atoms with Crippen LogP contribution in [0.2, 0.25) is 0 Å². The summed E-state index contributed by atoms with van der Waals surface area (Å²) in [5, 5.41) is 10.9. The summed E-state index contributed by atoms with van der Waals surface area (Å²) in [6.07, 6.45) is 4.73. The Balaban J connectivity index is 1.53. The molecule has 0 bridgehead atoms. The fraction of sp³-hybridized carbons (Fsp3) is 0.765. The van der Waals surface area contributed by atoms with Gasteiger partial charge in [0.1, 0.15) is 6.10 Å². The molecule has 1 aliphatic carbocycles. The molecule has 6 nitrogen and oxygen atoms in total. The second kappa shape index (κ2) is 7.01. The third kappa shape index (κ3) is 3.58. The molecule has 1 saturated carbocycles. The second-order valence-corrected chi connectivity index (χ2v) is 6.88. The van der Waals surface area contributed by atoms with Gasteiger partial charge in [-0.25, -0.2) is 0 Å². The summed E-state index contributed by atoms with van der Waals surface area (Å²) in [4.78, 5) is 12.0. The van der Waals surface area contributed by atoms with Crippen molar-refractivity contribution >= 4 is 5.91 Å². The van der Waals surface area contributed by atoms with Gasteiger partial charge in [0.05, 0.1) is 12.2 Å². The number of carbonyl (C=O) groups excluding carboxylic acids is 1. The Kier molecular flexibility index (Phi) is 5.02. The standard InChI is InChI=1S/C17H28N4O2/c1-11-16(12(2)21(3)20-11)17-14(7-8-23-17)18-10-15(22)19-9-13-5-4-6-13/h13-14,17-18H,4-10H2,1-3H3,(H,19,22)/t14-,17-/m0/s1. The first-order valence-corrected chi connectivity index (χ1v) is 8.68. The summed E-state index contributed by atoms with van der Waals surface area (Å²) in [7, 11) is 1.96. The Hall–Kier alpha value is -1.40. The Morgan fingerprint density at radius 1 is 1.35 bits per heavy atom. The van der Waals surface area contributed by atoms with Crippen LogP contribution in [-0.2, 0) is 16.6 Å². The number of hydrogen-bond donors (Lipinski definition) is 2. The Labute approximate surface area is 138 Å². The maximum Gasteiger partial charge on any atom is 0.233 e. The lowest BCUT2D eigenvalue weighted by atomic mass is 9.85. The highest BCUT2D eigenvalue weighted by atomic mass is 16.5. The molecule has 23 heavy (non-hydrogen) atoms. The van der Waals surface area contributed by atoms with Crippen LogP contribution in [0, 0.1) is 19.8 Å². The summed E-state index contributed by atoms with van der Waals surface area (Å²) < 4.78 is 7.83. The van der Waals surface area contributed by atoms with E-state index >= 15 is 0 Å². The van der Waals surface area contributed by atoms with Gasteiger partial charge in [-0.3, -0.25) is 9.48 Å². The van der Waals surface area contributed by atoms with E-state index in [1.807, 2.05) is 18.7 Å². The molecule has 2 fully saturated rings. The largest absolute Gasteiger partial charge is 0.372 e. The number of nitrogens with one attached hydrogen (secondary N) is 2. The fourth-order valence-electron chi connectivity index (χ4n) is 3.53. The average molecular weight is 320 g/mol. The van der Waals surface area contributed by atoms with Crippen molar-refractivity contribution in [2.45, 2.75) is 51.7 Å². The number of carbonyl (C=O) groups is 1. The Morgan fingerprint density at radius 2 is 2.13 bits per heavy atom. The molecule has 0 radical (unpaired) electrons. The molecule has 2 atom stereocenters. The zero-order valence-electron chi connectivity index (χ0n) is 14.4. The topological polar surface area (TPSA) is 68.2 Å². The molecule has 0 spiro atoms. The van der Waals surface area contributed by atoms with Crippen LogP contribution in [0.25, 0.3) is 0 Å². The molecule has 1 saturated heterocycles. The smallest absolute Gasteiger partial charge is 0.233 e. The van der Waals surface area contributed by atoms with Crippen LogP contribution in [0.1, 0.15) is 48.7 Å². The summed E-state index contributed by atoms with van der Waals surface area (Å²) in [5.41, 5.74) is 3.31. The lowest BCUT2D eigenvalue weighted by Gasteiger charge is -2.25. The molecule has 3 rings (SSSR count). The van der Waals surface area contributed by atoms with Crippen molar-refractivity contribution in [1.29, 1.82) is 0 Å². The van der Waals surface area contributed by atoms with Gasteiger partial charge in [-0.2, -0.15) is 5.10 Å². The van der Waals surface area contributed by atoms with Crippen LogP contribution < -0.4 is 10.6 Å². The van der Waals surface area contributed by atoms with Crippen LogP contribution in [0.15, 0.2) is 0 Å². The van der Waals surface area contributed by atoms with Gasteiger partial charge >= 0.3 is 0 Å². The highest BCUT2D eigenvalue weighted by Crippen LogP contribution is 2.33. The SMILES string of the molecule is Cc1nn(C)c(C)c1[C@H]1OCC[C@@H]1NCC(=O)NCC1CCC1. The van der Waals surface area contributed by atoms with E-state index in [9.17, 15) is 4.79 Å². The maximum absolute atomic E-state index is 12.0. The molecule has 2 N–H and O–H groups in total. The van der Waals surface area contributed by atoms with Crippen molar-refractivity contribution in [2.75, 3.05) is 19.7 Å². The summed E-state index contributed by atoms with van der Waals surface area (Å²) in [5.74, 6) is 0.782. The zero-order chi connectivity index (χ0) is 16.4. The molecule has 0 aromatic carbocycles. The molecular formula is C17H28N4O2. The van der Waals surface area contributed by atoms with E-state index in [0.717, 1.165) is 36.5 Å².